The lowest BCUT2D eigenvalue weighted by Gasteiger charge is -2.42. The van der Waals surface area contributed by atoms with Gasteiger partial charge in [0.05, 0.1) is 62.0 Å². The van der Waals surface area contributed by atoms with E-state index in [0.717, 1.165) is 52.9 Å². The van der Waals surface area contributed by atoms with Crippen molar-refractivity contribution in [3.63, 3.8) is 0 Å². The van der Waals surface area contributed by atoms with Crippen molar-refractivity contribution in [2.45, 2.75) is 44.3 Å². The van der Waals surface area contributed by atoms with Crippen molar-refractivity contribution in [3.05, 3.63) is 65.3 Å². The summed E-state index contributed by atoms with van der Waals surface area (Å²) in [7, 11) is 0. The maximum atomic E-state index is 13.6. The molecule has 4 bridgehead atoms. The number of rotatable bonds is 12. The van der Waals surface area contributed by atoms with Gasteiger partial charge in [-0.1, -0.05) is 42.4 Å². The topological polar surface area (TPSA) is 213 Å². The smallest absolute Gasteiger partial charge is 0.346 e. The molecule has 6 aliphatic rings. The maximum absolute atomic E-state index is 13.6. The third-order valence-electron chi connectivity index (χ3n) is 14.3. The number of nitrogens with zero attached hydrogens (tertiary/aromatic N) is 12. The van der Waals surface area contributed by atoms with E-state index in [1.54, 1.807) is 4.90 Å². The van der Waals surface area contributed by atoms with Crippen LogP contribution in [-0.4, -0.2) is 218 Å². The summed E-state index contributed by atoms with van der Waals surface area (Å²) in [6.07, 6.45) is 4.01. The molecule has 1 aromatic heterocycles. The van der Waals surface area contributed by atoms with Gasteiger partial charge in [-0.3, -0.25) is 48.6 Å². The molecule has 22 nitrogen and oxygen atoms in total. The van der Waals surface area contributed by atoms with Gasteiger partial charge in [0.15, 0.2) is 0 Å². The highest BCUT2D eigenvalue weighted by molar-refractivity contribution is 6.36. The molecule has 2 aromatic carbocycles. The lowest BCUT2D eigenvalue weighted by Crippen LogP contribution is -2.55. The highest BCUT2D eigenvalue weighted by Gasteiger charge is 2.35. The average Bonchev–Trinajstić information content (AvgIpc) is 3.81. The van der Waals surface area contributed by atoms with Crippen molar-refractivity contribution in [1.82, 2.24) is 50.1 Å². The highest BCUT2D eigenvalue weighted by Crippen LogP contribution is 2.37. The molecule has 2 amide bonds. The Hall–Kier alpha value is -6.19. The van der Waals surface area contributed by atoms with Crippen molar-refractivity contribution in [2.75, 3.05) is 141 Å². The number of hydrogen-bond acceptors (Lipinski definition) is 20. The Bertz CT molecular complexity index is 2510. The number of hydrogen-bond donors (Lipinski definition) is 1. The third-order valence-corrected chi connectivity index (χ3v) is 14.6. The quantitative estimate of drug-likeness (QED) is 0.249. The van der Waals surface area contributed by atoms with Crippen LogP contribution >= 0.6 is 11.6 Å². The first-order valence-electron chi connectivity index (χ1n) is 24.8. The van der Waals surface area contributed by atoms with Crippen LogP contribution in [0.4, 0.5) is 11.5 Å². The number of ether oxygens (including phenoxy) is 1. The molecule has 384 valence electrons. The molecular weight excluding hydrogens is 950 g/mol. The van der Waals surface area contributed by atoms with Gasteiger partial charge in [0.25, 0.3) is 0 Å². The standard InChI is InChI=1S/C49H62ClN13O9/c1-2-43(65)62-27-26-61(28-36(62)11-13-51)48-38-12-16-60(41-10-4-7-35-6-3-9-39(50)47(35)41)29-40(38)53-49(54-48)69-34-37-8-5-15-59(37)17-14-52-42(64)30-55-18-20-56-22-24-58-25-23-57(21-19-55)32-45(67)71-63(70-44(66)31-56)72-46(68)33-58/h2-4,6-7,9-10,36-37H,1,5,8,11-12,14-34H2,(H,52,64)/t36-,37-/m0/s1. The number of benzene rings is 2. The number of nitriles is 1. The van der Waals surface area contributed by atoms with E-state index in [9.17, 15) is 29.2 Å². The first-order chi connectivity index (χ1) is 35.0. The van der Waals surface area contributed by atoms with Crippen LogP contribution in [-0.2, 0) is 51.5 Å². The fourth-order valence-corrected chi connectivity index (χ4v) is 10.8. The molecule has 0 radical (unpaired) electrons. The Kier molecular flexibility index (Phi) is 16.6. The summed E-state index contributed by atoms with van der Waals surface area (Å²) in [4.78, 5) is 106. The van der Waals surface area contributed by atoms with Crippen molar-refractivity contribution < 1.29 is 43.2 Å². The van der Waals surface area contributed by atoms with E-state index >= 15 is 0 Å². The van der Waals surface area contributed by atoms with E-state index in [2.05, 4.69) is 50.9 Å². The number of carbonyl (C=O) groups excluding carboxylic acids is 5. The summed E-state index contributed by atoms with van der Waals surface area (Å²) < 4.78 is 6.54. The van der Waals surface area contributed by atoms with Gasteiger partial charge in [-0.05, 0) is 49.4 Å². The molecule has 5 saturated heterocycles. The first kappa shape index (κ1) is 50.7. The second-order valence-corrected chi connectivity index (χ2v) is 19.4. The molecule has 0 saturated carbocycles. The first-order valence-corrected chi connectivity index (χ1v) is 25.2. The number of piperazine rings is 1. The molecule has 23 heteroatoms. The van der Waals surface area contributed by atoms with E-state index in [0.29, 0.717) is 116 Å². The van der Waals surface area contributed by atoms with Crippen LogP contribution in [0.3, 0.4) is 0 Å². The van der Waals surface area contributed by atoms with Crippen molar-refractivity contribution in [3.8, 4) is 12.1 Å². The van der Waals surface area contributed by atoms with Gasteiger partial charge in [0.2, 0.25) is 17.2 Å². The lowest BCUT2D eigenvalue weighted by molar-refractivity contribution is -0.464. The molecular formula is C49H62ClN13O9. The van der Waals surface area contributed by atoms with E-state index < -0.39 is 17.9 Å². The molecule has 3 aromatic rings. The molecule has 0 aliphatic carbocycles. The minimum atomic E-state index is -0.764. The van der Waals surface area contributed by atoms with Crippen molar-refractivity contribution in [2.24, 2.45) is 0 Å². The number of likely N-dealkylation sites (tertiary alicyclic amines) is 1. The van der Waals surface area contributed by atoms with Crippen molar-refractivity contribution in [1.29, 1.82) is 5.26 Å². The second-order valence-electron chi connectivity index (χ2n) is 19.0. The van der Waals surface area contributed by atoms with Crippen LogP contribution in [0.1, 0.15) is 30.5 Å². The maximum Gasteiger partial charge on any atom is 0.346 e. The van der Waals surface area contributed by atoms with E-state index in [4.69, 9.17) is 40.8 Å². The summed E-state index contributed by atoms with van der Waals surface area (Å²) in [5.74, 6) is -1.83. The van der Waals surface area contributed by atoms with Gasteiger partial charge in [-0.2, -0.15) is 15.2 Å². The van der Waals surface area contributed by atoms with Gasteiger partial charge in [0, 0.05) is 114 Å². The van der Waals surface area contributed by atoms with Gasteiger partial charge >= 0.3 is 23.9 Å². The van der Waals surface area contributed by atoms with Gasteiger partial charge < -0.3 is 24.8 Å². The normalized spacial score (nSPS) is 25.7. The SMILES string of the molecule is C=CC(=O)N1CCN(c2nc(OC[C@@H]3CCCN3CCNC(=O)CN3CCN4CCN5CCN(CC3)CC(=O)ON(OC(=O)C4)OC(=O)C5)nc3c2CCN(c2cccc4cccc(Cl)c24)C3)C[C@@H]1CC#N. The van der Waals surface area contributed by atoms with Crippen LogP contribution < -0.4 is 19.9 Å². The van der Waals surface area contributed by atoms with Gasteiger partial charge in [-0.15, -0.1) is 0 Å². The Labute approximate surface area is 423 Å². The third kappa shape index (κ3) is 12.5. The Morgan fingerprint density at radius 3 is 2.15 bits per heavy atom. The summed E-state index contributed by atoms with van der Waals surface area (Å²) in [6.45, 7) is 11.9. The van der Waals surface area contributed by atoms with Crippen LogP contribution in [0.2, 0.25) is 5.02 Å². The molecule has 7 heterocycles. The Morgan fingerprint density at radius 2 is 1.49 bits per heavy atom. The molecule has 1 N–H and O–H groups in total. The van der Waals surface area contributed by atoms with Gasteiger partial charge in [0.1, 0.15) is 12.4 Å². The number of nitrogens with one attached hydrogen (secondary N) is 1. The number of halogens is 1. The van der Waals surface area contributed by atoms with E-state index in [1.807, 2.05) is 37.8 Å². The monoisotopic (exact) mass is 1010 g/mol. The minimum Gasteiger partial charge on any atom is -0.462 e. The van der Waals surface area contributed by atoms with Crippen LogP contribution in [0.15, 0.2) is 49.1 Å². The summed E-state index contributed by atoms with van der Waals surface area (Å²) >= 11 is 6.80. The van der Waals surface area contributed by atoms with Crippen LogP contribution in [0.5, 0.6) is 6.01 Å². The fraction of sp³-hybridized carbons (Fsp3) is 0.551. The molecule has 2 unspecified atom stereocenters. The fourth-order valence-electron chi connectivity index (χ4n) is 10.5. The zero-order valence-electron chi connectivity index (χ0n) is 40.5. The summed E-state index contributed by atoms with van der Waals surface area (Å²) in [6, 6.07) is 14.4. The minimum absolute atomic E-state index is 0.0577. The molecule has 9 rings (SSSR count). The number of aromatic nitrogens is 2. The Balaban J connectivity index is 0.847. The predicted molar refractivity (Wildman–Crippen MR) is 263 cm³/mol. The second kappa shape index (κ2) is 23.6. The van der Waals surface area contributed by atoms with Crippen LogP contribution in [0.25, 0.3) is 10.8 Å². The summed E-state index contributed by atoms with van der Waals surface area (Å²) in [5, 5.41) is 15.8. The molecule has 72 heavy (non-hydrogen) atoms. The summed E-state index contributed by atoms with van der Waals surface area (Å²) in [5.41, 5.74) is 2.89. The largest absolute Gasteiger partial charge is 0.462 e. The average molecular weight is 1010 g/mol. The number of amides is 2. The molecule has 6 aliphatic heterocycles. The van der Waals surface area contributed by atoms with Crippen LogP contribution in [0, 0.1) is 11.3 Å². The Morgan fingerprint density at radius 1 is 0.819 bits per heavy atom. The number of anilines is 2. The number of carbonyl (C=O) groups is 5. The van der Waals surface area contributed by atoms with E-state index in [-0.39, 0.29) is 67.9 Å². The van der Waals surface area contributed by atoms with Crippen molar-refractivity contribution >= 4 is 63.6 Å². The van der Waals surface area contributed by atoms with E-state index in [1.165, 1.54) is 6.08 Å². The zero-order valence-corrected chi connectivity index (χ0v) is 41.3. The van der Waals surface area contributed by atoms with Gasteiger partial charge in [-0.25, -0.2) is 14.4 Å². The highest BCUT2D eigenvalue weighted by atomic mass is 35.5. The number of fused-ring (bicyclic) bond motifs is 9. The molecule has 0 spiro atoms. The predicted octanol–water partition coefficient (Wildman–Crippen LogP) is 0.848. The molecule has 4 atom stereocenters. The molecule has 5 fully saturated rings. The lowest BCUT2D eigenvalue weighted by atomic mass is 10.0. The zero-order chi connectivity index (χ0) is 50.1.